The largest absolute Gasteiger partial charge is 0.396 e. The van der Waals surface area contributed by atoms with Gasteiger partial charge in [0.25, 0.3) is 5.91 Å². The van der Waals surface area contributed by atoms with Crippen LogP contribution in [-0.4, -0.2) is 10.9 Å². The summed E-state index contributed by atoms with van der Waals surface area (Å²) in [6.07, 6.45) is 6.55. The fraction of sp³-hybridized carbons (Fsp3) is 0.231. The summed E-state index contributed by atoms with van der Waals surface area (Å²) in [5.74, 6) is -0.0905. The number of rotatable bonds is 2. The number of fused-ring (bicyclic) bond motifs is 1. The minimum atomic E-state index is -0.0905. The van der Waals surface area contributed by atoms with Gasteiger partial charge in [0.15, 0.2) is 0 Å². The third-order valence-electron chi connectivity index (χ3n) is 3.07. The molecule has 0 bridgehead atoms. The second kappa shape index (κ2) is 4.42. The van der Waals surface area contributed by atoms with Crippen LogP contribution >= 0.6 is 11.3 Å². The Labute approximate surface area is 109 Å². The molecule has 3 rings (SSSR count). The molecule has 0 radical (unpaired) electrons. The highest BCUT2D eigenvalue weighted by Gasteiger charge is 2.18. The number of carbonyl (C=O) groups is 1. The van der Waals surface area contributed by atoms with E-state index >= 15 is 0 Å². The summed E-state index contributed by atoms with van der Waals surface area (Å²) in [4.78, 5) is 18.1. The number of nitrogens with zero attached hydrogens (tertiary/aromatic N) is 1. The smallest absolute Gasteiger partial charge is 0.265 e. The van der Waals surface area contributed by atoms with Crippen LogP contribution in [0.1, 0.15) is 26.5 Å². The molecule has 3 N–H and O–H groups in total. The number of nitrogens with two attached hydrogens (primary N) is 1. The van der Waals surface area contributed by atoms with E-state index in [2.05, 4.69) is 10.3 Å². The maximum Gasteiger partial charge on any atom is 0.265 e. The van der Waals surface area contributed by atoms with E-state index in [0.717, 1.165) is 17.7 Å². The molecule has 0 aromatic carbocycles. The van der Waals surface area contributed by atoms with Crippen molar-refractivity contribution in [1.82, 2.24) is 4.98 Å². The van der Waals surface area contributed by atoms with Crippen molar-refractivity contribution in [3.8, 4) is 0 Å². The molecule has 0 spiro atoms. The molecule has 2 aromatic rings. The van der Waals surface area contributed by atoms with Gasteiger partial charge >= 0.3 is 0 Å². The fourth-order valence-electron chi connectivity index (χ4n) is 2.15. The number of nitrogen functional groups attached to an aromatic ring is 1. The van der Waals surface area contributed by atoms with Crippen LogP contribution in [0.3, 0.4) is 0 Å². The summed E-state index contributed by atoms with van der Waals surface area (Å²) in [6.45, 7) is 0. The van der Waals surface area contributed by atoms with E-state index in [4.69, 9.17) is 5.73 Å². The van der Waals surface area contributed by atoms with E-state index in [0.29, 0.717) is 11.4 Å². The zero-order valence-electron chi connectivity index (χ0n) is 9.77. The minimum absolute atomic E-state index is 0.0905. The number of pyridine rings is 1. The molecule has 18 heavy (non-hydrogen) atoms. The first-order chi connectivity index (χ1) is 8.74. The Morgan fingerprint density at radius 3 is 3.11 bits per heavy atom. The molecule has 2 aromatic heterocycles. The number of nitrogens with one attached hydrogen (secondary N) is 1. The molecule has 0 atom stereocenters. The van der Waals surface area contributed by atoms with E-state index in [-0.39, 0.29) is 5.91 Å². The van der Waals surface area contributed by atoms with Gasteiger partial charge < -0.3 is 11.1 Å². The normalized spacial score (nSPS) is 13.3. The van der Waals surface area contributed by atoms with Crippen molar-refractivity contribution in [2.24, 2.45) is 0 Å². The van der Waals surface area contributed by atoms with Crippen molar-refractivity contribution in [3.05, 3.63) is 39.8 Å². The van der Waals surface area contributed by atoms with E-state index in [9.17, 15) is 4.79 Å². The third kappa shape index (κ3) is 1.97. The molecule has 5 heteroatoms. The number of thiophene rings is 1. The molecule has 0 fully saturated rings. The van der Waals surface area contributed by atoms with E-state index < -0.39 is 0 Å². The van der Waals surface area contributed by atoms with Crippen LogP contribution in [0.2, 0.25) is 0 Å². The maximum atomic E-state index is 12.1. The number of anilines is 2. The lowest BCUT2D eigenvalue weighted by molar-refractivity contribution is 0.103. The van der Waals surface area contributed by atoms with Crippen molar-refractivity contribution < 1.29 is 4.79 Å². The number of carbonyl (C=O) groups excluding carboxylic acids is 1. The highest BCUT2D eigenvalue weighted by atomic mass is 32.1. The van der Waals surface area contributed by atoms with Gasteiger partial charge in [0, 0.05) is 11.1 Å². The van der Waals surface area contributed by atoms with E-state index in [1.54, 1.807) is 23.6 Å². The standard InChI is InChI=1S/C13H13N3OS/c14-9-7-15-5-4-10(9)16-13(17)12-6-8-2-1-3-11(8)18-12/h4-7H,1-3,14H2,(H,15,16,17). The first-order valence-electron chi connectivity index (χ1n) is 5.86. The van der Waals surface area contributed by atoms with Gasteiger partial charge in [0.1, 0.15) is 0 Å². The Kier molecular flexibility index (Phi) is 2.76. The zero-order chi connectivity index (χ0) is 12.5. The fourth-order valence-corrected chi connectivity index (χ4v) is 3.29. The lowest BCUT2D eigenvalue weighted by atomic mass is 10.2. The molecule has 0 aliphatic heterocycles. The van der Waals surface area contributed by atoms with Crippen LogP contribution in [0.25, 0.3) is 0 Å². The molecule has 4 nitrogen and oxygen atoms in total. The Morgan fingerprint density at radius 2 is 2.33 bits per heavy atom. The summed E-state index contributed by atoms with van der Waals surface area (Å²) in [5.41, 5.74) is 8.17. The van der Waals surface area contributed by atoms with Gasteiger partial charge in [0.05, 0.1) is 22.4 Å². The Hall–Kier alpha value is -1.88. The average molecular weight is 259 g/mol. The summed E-state index contributed by atoms with van der Waals surface area (Å²) in [5, 5.41) is 2.82. The monoisotopic (exact) mass is 259 g/mol. The topological polar surface area (TPSA) is 68.0 Å². The average Bonchev–Trinajstić information content (AvgIpc) is 2.92. The maximum absolute atomic E-state index is 12.1. The van der Waals surface area contributed by atoms with Crippen LogP contribution in [0, 0.1) is 0 Å². The van der Waals surface area contributed by atoms with Crippen LogP contribution in [0.5, 0.6) is 0 Å². The Morgan fingerprint density at radius 1 is 1.44 bits per heavy atom. The number of amides is 1. The molecule has 0 unspecified atom stereocenters. The first-order valence-corrected chi connectivity index (χ1v) is 6.68. The summed E-state index contributed by atoms with van der Waals surface area (Å²) < 4.78 is 0. The Bertz CT molecular complexity index is 585. The number of aromatic nitrogens is 1. The van der Waals surface area contributed by atoms with Crippen molar-refractivity contribution >= 4 is 28.6 Å². The predicted molar refractivity (Wildman–Crippen MR) is 72.9 cm³/mol. The summed E-state index contributed by atoms with van der Waals surface area (Å²) in [7, 11) is 0. The van der Waals surface area contributed by atoms with Crippen molar-refractivity contribution in [2.45, 2.75) is 19.3 Å². The highest BCUT2D eigenvalue weighted by Crippen LogP contribution is 2.31. The highest BCUT2D eigenvalue weighted by molar-refractivity contribution is 7.14. The molecule has 92 valence electrons. The quantitative estimate of drug-likeness (QED) is 0.870. The number of hydrogen-bond acceptors (Lipinski definition) is 4. The second-order valence-corrected chi connectivity index (χ2v) is 5.47. The third-order valence-corrected chi connectivity index (χ3v) is 4.31. The molecule has 0 saturated heterocycles. The van der Waals surface area contributed by atoms with Gasteiger partial charge in [-0.1, -0.05) is 0 Å². The van der Waals surface area contributed by atoms with Gasteiger partial charge in [-0.2, -0.15) is 0 Å². The molecule has 1 aliphatic rings. The van der Waals surface area contributed by atoms with Gasteiger partial charge in [-0.25, -0.2) is 0 Å². The van der Waals surface area contributed by atoms with E-state index in [1.165, 1.54) is 23.1 Å². The molecule has 2 heterocycles. The van der Waals surface area contributed by atoms with Crippen molar-refractivity contribution in [3.63, 3.8) is 0 Å². The van der Waals surface area contributed by atoms with E-state index in [1.807, 2.05) is 6.07 Å². The molecular formula is C13H13N3OS. The van der Waals surface area contributed by atoms with Crippen LogP contribution < -0.4 is 11.1 Å². The molecule has 0 saturated carbocycles. The van der Waals surface area contributed by atoms with Crippen LogP contribution in [-0.2, 0) is 12.8 Å². The SMILES string of the molecule is Nc1cnccc1NC(=O)c1cc2c(s1)CCC2. The van der Waals surface area contributed by atoms with Crippen LogP contribution in [0.15, 0.2) is 24.5 Å². The number of aryl methyl sites for hydroxylation is 2. The molecular weight excluding hydrogens is 246 g/mol. The summed E-state index contributed by atoms with van der Waals surface area (Å²) >= 11 is 1.59. The molecule has 1 aliphatic carbocycles. The number of hydrogen-bond donors (Lipinski definition) is 2. The Balaban J connectivity index is 1.81. The zero-order valence-corrected chi connectivity index (χ0v) is 10.6. The second-order valence-electron chi connectivity index (χ2n) is 4.33. The van der Waals surface area contributed by atoms with Crippen molar-refractivity contribution in [2.75, 3.05) is 11.1 Å². The minimum Gasteiger partial charge on any atom is -0.396 e. The summed E-state index contributed by atoms with van der Waals surface area (Å²) in [6, 6.07) is 3.70. The lowest BCUT2D eigenvalue weighted by Crippen LogP contribution is -2.11. The van der Waals surface area contributed by atoms with Gasteiger partial charge in [-0.05, 0) is 37.0 Å². The van der Waals surface area contributed by atoms with Gasteiger partial charge in [-0.15, -0.1) is 11.3 Å². The first kappa shape index (κ1) is 11.2. The van der Waals surface area contributed by atoms with Gasteiger partial charge in [-0.3, -0.25) is 9.78 Å². The van der Waals surface area contributed by atoms with Crippen LogP contribution in [0.4, 0.5) is 11.4 Å². The molecule has 1 amide bonds. The van der Waals surface area contributed by atoms with Crippen molar-refractivity contribution in [1.29, 1.82) is 0 Å². The predicted octanol–water partition coefficient (Wildman–Crippen LogP) is 2.47. The van der Waals surface area contributed by atoms with Gasteiger partial charge in [0.2, 0.25) is 0 Å². The lowest BCUT2D eigenvalue weighted by Gasteiger charge is -2.05.